The maximum Gasteiger partial charge on any atom is 0.253 e. The number of carbonyl (C=O) groups excluding carboxylic acids is 8. The molecule has 4 heterocycles. The highest BCUT2D eigenvalue weighted by Crippen LogP contribution is 2.33. The molecule has 5 rings (SSSR count). The topological polar surface area (TPSA) is 196 Å². The second kappa shape index (κ2) is 29.0. The monoisotopic (exact) mass is 1060 g/mol. The summed E-state index contributed by atoms with van der Waals surface area (Å²) in [6, 6.07) is 6.49. The first-order valence-corrected chi connectivity index (χ1v) is 28.1. The van der Waals surface area contributed by atoms with E-state index in [4.69, 9.17) is 14.3 Å². The first kappa shape index (κ1) is 61.7. The number of fused-ring (bicyclic) bond motifs is 1. The summed E-state index contributed by atoms with van der Waals surface area (Å²) in [5.41, 5.74) is 1.90. The number of hydrogen-bond donors (Lipinski definition) is 1. The van der Waals surface area contributed by atoms with E-state index in [0.717, 1.165) is 40.6 Å². The second-order valence-electron chi connectivity index (χ2n) is 22.8. The van der Waals surface area contributed by atoms with Gasteiger partial charge in [-0.25, -0.2) is 5.06 Å². The summed E-state index contributed by atoms with van der Waals surface area (Å²) in [5, 5.41) is 2.43. The van der Waals surface area contributed by atoms with E-state index in [1.54, 1.807) is 26.2 Å². The number of aromatic amines is 1. The first-order valence-electron chi connectivity index (χ1n) is 28.1. The van der Waals surface area contributed by atoms with Crippen molar-refractivity contribution in [3.05, 3.63) is 48.2 Å². The summed E-state index contributed by atoms with van der Waals surface area (Å²) in [6.45, 7) is 17.8. The molecule has 2 saturated heterocycles. The summed E-state index contributed by atoms with van der Waals surface area (Å²) < 4.78 is 12.3. The Bertz CT molecular complexity index is 2320. The predicted octanol–water partition coefficient (Wildman–Crippen LogP) is 7.25. The van der Waals surface area contributed by atoms with Crippen molar-refractivity contribution >= 4 is 57.8 Å². The maximum absolute atomic E-state index is 14.8. The molecule has 1 aromatic carbocycles. The van der Waals surface area contributed by atoms with Crippen molar-refractivity contribution in [1.82, 2.24) is 29.6 Å². The lowest BCUT2D eigenvalue weighted by molar-refractivity contribution is -0.201. The van der Waals surface area contributed by atoms with Gasteiger partial charge >= 0.3 is 0 Å². The van der Waals surface area contributed by atoms with Gasteiger partial charge in [0.05, 0.1) is 49.3 Å². The number of Topliss-reactive ketones (excluding diaryl/α,β-unsaturated/α-hetero) is 3. The number of benzene rings is 1. The maximum atomic E-state index is 14.8. The van der Waals surface area contributed by atoms with Crippen LogP contribution in [-0.4, -0.2) is 168 Å². The number of methoxy groups -OCH3 is 2. The van der Waals surface area contributed by atoms with E-state index in [9.17, 15) is 38.4 Å². The molecule has 5 amide bonds. The number of ketones is 3. The molecule has 422 valence electrons. The van der Waals surface area contributed by atoms with Crippen LogP contribution >= 0.6 is 0 Å². The molecule has 10 atom stereocenters. The van der Waals surface area contributed by atoms with Crippen LogP contribution in [0.25, 0.3) is 10.9 Å². The Balaban J connectivity index is 1.24. The van der Waals surface area contributed by atoms with Crippen LogP contribution in [0.2, 0.25) is 0 Å². The number of likely N-dealkylation sites (tertiary alicyclic amines) is 1. The smallest absolute Gasteiger partial charge is 0.253 e. The average molecular weight is 1060 g/mol. The Morgan fingerprint density at radius 2 is 1.53 bits per heavy atom. The number of amides is 5. The van der Waals surface area contributed by atoms with Crippen LogP contribution < -0.4 is 0 Å². The van der Waals surface area contributed by atoms with E-state index in [0.29, 0.717) is 58.3 Å². The number of nitrogens with zero attached hydrogens (tertiary/aromatic N) is 5. The minimum Gasteiger partial charge on any atom is -0.379 e. The van der Waals surface area contributed by atoms with Crippen LogP contribution in [-0.2, 0) is 59.1 Å². The number of H-pyrrole nitrogens is 1. The normalized spacial score (nSPS) is 19.8. The number of imide groups is 1. The van der Waals surface area contributed by atoms with Crippen LogP contribution in [0.4, 0.5) is 0 Å². The zero-order valence-electron chi connectivity index (χ0n) is 47.7. The SMILES string of the molecule is CC[C@H](C)[C@@H]([C@@H](CC(=O)N1CCC[C@H]1[C@H](OC)[C@@H](C)C(=O)C[C@@H](Cc1c[nH]c2ccccc12)C(=O)N1CCCCO1)OC)N(C)C(=O)[C@@H](CC(=O)[C@H](C(C)C)N(C)C[C@H](C)CC(=O)CCCN1C(=O)C=CC1=O)C(C)C. The van der Waals surface area contributed by atoms with Crippen molar-refractivity contribution in [2.75, 3.05) is 61.1 Å². The van der Waals surface area contributed by atoms with Crippen LogP contribution in [0.5, 0.6) is 0 Å². The van der Waals surface area contributed by atoms with Gasteiger partial charge in [-0.1, -0.05) is 80.0 Å². The number of likely N-dealkylation sites (N-methyl/N-ethyl adjacent to an activating group) is 2. The summed E-state index contributed by atoms with van der Waals surface area (Å²) in [4.78, 5) is 125. The minimum absolute atomic E-state index is 0.0160. The van der Waals surface area contributed by atoms with Gasteiger partial charge in [0.15, 0.2) is 5.78 Å². The summed E-state index contributed by atoms with van der Waals surface area (Å²) in [6.07, 6.45) is 8.04. The lowest BCUT2D eigenvalue weighted by Crippen LogP contribution is -2.54. The van der Waals surface area contributed by atoms with E-state index in [2.05, 4.69) is 4.98 Å². The molecule has 17 heteroatoms. The first-order chi connectivity index (χ1) is 36.1. The van der Waals surface area contributed by atoms with E-state index in [1.165, 1.54) is 17.2 Å². The van der Waals surface area contributed by atoms with Gasteiger partial charge in [-0.05, 0) is 80.9 Å². The predicted molar refractivity (Wildman–Crippen MR) is 291 cm³/mol. The fourth-order valence-corrected chi connectivity index (χ4v) is 12.1. The molecule has 0 radical (unpaired) electrons. The van der Waals surface area contributed by atoms with Crippen molar-refractivity contribution in [2.45, 2.75) is 163 Å². The molecule has 0 bridgehead atoms. The lowest BCUT2D eigenvalue weighted by atomic mass is 9.83. The van der Waals surface area contributed by atoms with Gasteiger partial charge < -0.3 is 24.3 Å². The third kappa shape index (κ3) is 15.8. The lowest BCUT2D eigenvalue weighted by Gasteiger charge is -2.41. The molecule has 3 aliphatic heterocycles. The Labute approximate surface area is 452 Å². The quantitative estimate of drug-likeness (QED) is 0.0745. The Kier molecular flexibility index (Phi) is 23.6. The van der Waals surface area contributed by atoms with E-state index in [1.807, 2.05) is 103 Å². The third-order valence-corrected chi connectivity index (χ3v) is 16.4. The van der Waals surface area contributed by atoms with Crippen LogP contribution in [0.3, 0.4) is 0 Å². The second-order valence-corrected chi connectivity index (χ2v) is 22.8. The van der Waals surface area contributed by atoms with Gasteiger partial charge in [0.2, 0.25) is 17.7 Å². The molecule has 17 nitrogen and oxygen atoms in total. The fraction of sp³-hybridized carbons (Fsp3) is 0.695. The Morgan fingerprint density at radius 1 is 0.829 bits per heavy atom. The number of hydroxylamine groups is 2. The molecule has 2 aromatic rings. The van der Waals surface area contributed by atoms with E-state index >= 15 is 0 Å². The summed E-state index contributed by atoms with van der Waals surface area (Å²) in [5.74, 6) is -3.82. The molecule has 0 unspecified atom stereocenters. The molecule has 1 aromatic heterocycles. The summed E-state index contributed by atoms with van der Waals surface area (Å²) in [7, 11) is 6.76. The standard InChI is InChI=1S/C59H90N6O11/c1-13-40(7)56(62(10)59(73)46(37(2)3)33-50(68)55(38(4)5)61(9)36-39(6)30-44(66)20-18-27-64-52(69)24-25-53(64)70)51(74-11)34-54(71)63-26-19-23-48(63)57(75-12)41(8)49(67)32-42(58(72)65-28-16-17-29-76-65)31-43-35-60-47-22-15-14-21-45(43)47/h14-15,21-22,24-25,35,37-42,46,48,51,55-57,60H,13,16-20,23,26-34,36H2,1-12H3/t39-,40+,41+,42-,46+,48+,51-,55+,56+,57-/m1/s1. The third-order valence-electron chi connectivity index (χ3n) is 16.4. The number of rotatable bonds is 31. The van der Waals surface area contributed by atoms with Crippen LogP contribution in [0.1, 0.15) is 132 Å². The number of aromatic nitrogens is 1. The number of nitrogens with one attached hydrogen (secondary N) is 1. The molecular formula is C59H90N6O11. The zero-order valence-corrected chi connectivity index (χ0v) is 47.7. The minimum atomic E-state index is -0.685. The number of hydrogen-bond acceptors (Lipinski definition) is 12. The zero-order chi connectivity index (χ0) is 56.0. The van der Waals surface area contributed by atoms with Gasteiger partial charge in [0.1, 0.15) is 11.6 Å². The van der Waals surface area contributed by atoms with Crippen molar-refractivity contribution in [3.8, 4) is 0 Å². The van der Waals surface area contributed by atoms with Crippen molar-refractivity contribution in [3.63, 3.8) is 0 Å². The molecule has 0 aliphatic carbocycles. The molecule has 1 N–H and O–H groups in total. The van der Waals surface area contributed by atoms with Gasteiger partial charge in [0.25, 0.3) is 11.8 Å². The molecular weight excluding hydrogens is 969 g/mol. The molecule has 3 aliphatic rings. The van der Waals surface area contributed by atoms with Crippen molar-refractivity contribution in [1.29, 1.82) is 0 Å². The molecule has 76 heavy (non-hydrogen) atoms. The molecule has 2 fully saturated rings. The number of para-hydroxylation sites is 1. The summed E-state index contributed by atoms with van der Waals surface area (Å²) >= 11 is 0. The van der Waals surface area contributed by atoms with Crippen molar-refractivity contribution < 1.29 is 52.7 Å². The van der Waals surface area contributed by atoms with Crippen LogP contribution in [0.15, 0.2) is 42.6 Å². The van der Waals surface area contributed by atoms with Gasteiger partial charge in [-0.15, -0.1) is 0 Å². The van der Waals surface area contributed by atoms with Crippen molar-refractivity contribution in [2.24, 2.45) is 41.4 Å². The molecule has 0 spiro atoms. The van der Waals surface area contributed by atoms with E-state index in [-0.39, 0.29) is 103 Å². The fourth-order valence-electron chi connectivity index (χ4n) is 12.1. The highest BCUT2D eigenvalue weighted by Gasteiger charge is 2.44. The van der Waals surface area contributed by atoms with Gasteiger partial charge in [-0.3, -0.25) is 53.0 Å². The van der Waals surface area contributed by atoms with Gasteiger partial charge in [-0.2, -0.15) is 0 Å². The van der Waals surface area contributed by atoms with Gasteiger partial charge in [0, 0.05) is 114 Å². The Morgan fingerprint density at radius 3 is 2.14 bits per heavy atom. The largest absolute Gasteiger partial charge is 0.379 e. The number of ether oxygens (including phenoxy) is 2. The van der Waals surface area contributed by atoms with Crippen LogP contribution in [0, 0.1) is 41.4 Å². The van der Waals surface area contributed by atoms with E-state index < -0.39 is 48.1 Å². The molecule has 0 saturated carbocycles. The highest BCUT2D eigenvalue weighted by molar-refractivity contribution is 6.12. The average Bonchev–Trinajstić information content (AvgIpc) is 4.13. The Hall–Kier alpha value is -5.10. The highest BCUT2D eigenvalue weighted by atomic mass is 16.7. The number of carbonyl (C=O) groups is 8.